The zero-order chi connectivity index (χ0) is 15.1. The summed E-state index contributed by atoms with van der Waals surface area (Å²) in [6.45, 7) is 0. The molecule has 0 saturated heterocycles. The van der Waals surface area contributed by atoms with E-state index in [0.29, 0.717) is 10.9 Å². The van der Waals surface area contributed by atoms with Gasteiger partial charge in [-0.15, -0.1) is 0 Å². The number of allylic oxidation sites excluding steroid dienone is 4. The second-order valence-corrected chi connectivity index (χ2v) is 6.73. The van der Waals surface area contributed by atoms with Crippen LogP contribution < -0.4 is 0 Å². The maximum absolute atomic E-state index is 12.1. The number of carboxylic acid groups (broad SMARTS) is 2. The Morgan fingerprint density at radius 1 is 0.950 bits per heavy atom. The molecule has 0 fully saturated rings. The summed E-state index contributed by atoms with van der Waals surface area (Å²) < 4.78 is -0.0637. The maximum atomic E-state index is 12.1. The third-order valence-electron chi connectivity index (χ3n) is 2.40. The predicted octanol–water partition coefficient (Wildman–Crippen LogP) is 1.23. The fourth-order valence-electron chi connectivity index (χ4n) is 1.49. The van der Waals surface area contributed by atoms with Gasteiger partial charge in [-0.05, 0) is 0 Å². The molecule has 1 aliphatic carbocycles. The number of carbonyl (C=O) groups excluding carboxylic acids is 2. The average Bonchev–Trinajstić information content (AvgIpc) is 2.87. The SMILES string of the molecule is O=C(O)CC[C](=O)[Fe]([C](=O)CCC(=O)O)[C]1=CC=CC1. The Balaban J connectivity index is 2.74. The molecule has 0 radical (unpaired) electrons. The molecule has 1 aliphatic rings. The molecule has 0 amide bonds. The summed E-state index contributed by atoms with van der Waals surface area (Å²) in [6.07, 6.45) is 4.74. The van der Waals surface area contributed by atoms with Gasteiger partial charge in [-0.25, -0.2) is 0 Å². The van der Waals surface area contributed by atoms with Crippen molar-refractivity contribution in [1.29, 1.82) is 0 Å². The molecule has 0 aromatic carbocycles. The molecule has 2 N–H and O–H groups in total. The van der Waals surface area contributed by atoms with Gasteiger partial charge in [-0.2, -0.15) is 0 Å². The molecule has 0 atom stereocenters. The van der Waals surface area contributed by atoms with Crippen LogP contribution in [0.15, 0.2) is 22.7 Å². The molecule has 6 nitrogen and oxygen atoms in total. The zero-order valence-electron chi connectivity index (χ0n) is 10.6. The van der Waals surface area contributed by atoms with E-state index >= 15 is 0 Å². The molecule has 0 aromatic rings. The average molecular weight is 323 g/mol. The Bertz CT molecular complexity index is 461. The molecule has 0 bridgehead atoms. The number of aliphatic carboxylic acids is 2. The molecule has 0 saturated carbocycles. The number of hydrogen-bond acceptors (Lipinski definition) is 4. The Morgan fingerprint density at radius 2 is 1.45 bits per heavy atom. The van der Waals surface area contributed by atoms with Crippen molar-refractivity contribution in [3.63, 3.8) is 0 Å². The Morgan fingerprint density at radius 3 is 1.80 bits per heavy atom. The van der Waals surface area contributed by atoms with E-state index in [0.717, 1.165) is 0 Å². The summed E-state index contributed by atoms with van der Waals surface area (Å²) in [6, 6.07) is 0. The Kier molecular flexibility index (Phi) is 6.34. The molecule has 20 heavy (non-hydrogen) atoms. The van der Waals surface area contributed by atoms with Gasteiger partial charge in [0.1, 0.15) is 0 Å². The number of rotatable bonds is 9. The summed E-state index contributed by atoms with van der Waals surface area (Å²) in [4.78, 5) is 45.1. The van der Waals surface area contributed by atoms with Crippen LogP contribution in [0, 0.1) is 0 Å². The van der Waals surface area contributed by atoms with Crippen molar-refractivity contribution in [1.82, 2.24) is 0 Å². The van der Waals surface area contributed by atoms with E-state index in [9.17, 15) is 19.2 Å². The van der Waals surface area contributed by atoms with Crippen LogP contribution in [0.4, 0.5) is 0 Å². The van der Waals surface area contributed by atoms with Crippen LogP contribution in [-0.2, 0) is 33.1 Å². The number of hydrogen-bond donors (Lipinski definition) is 2. The summed E-state index contributed by atoms with van der Waals surface area (Å²) in [5.74, 6) is -2.18. The number of carboxylic acids is 2. The van der Waals surface area contributed by atoms with Gasteiger partial charge in [0, 0.05) is 0 Å². The Hall–Kier alpha value is -1.72. The molecule has 0 aromatic heterocycles. The first-order valence-corrected chi connectivity index (χ1v) is 7.58. The van der Waals surface area contributed by atoms with E-state index in [1.807, 2.05) is 6.08 Å². The topological polar surface area (TPSA) is 109 Å². The first kappa shape index (κ1) is 16.3. The molecule has 0 heterocycles. The molecule has 0 unspecified atom stereocenters. The molecule has 7 heteroatoms. The van der Waals surface area contributed by atoms with E-state index in [4.69, 9.17) is 10.2 Å². The number of carbonyl (C=O) groups is 4. The molecular formula is C13H15FeO6. The minimum atomic E-state index is -1.96. The monoisotopic (exact) mass is 323 g/mol. The third-order valence-corrected chi connectivity index (χ3v) is 5.30. The summed E-state index contributed by atoms with van der Waals surface area (Å²) in [5, 5.41) is 17.2. The van der Waals surface area contributed by atoms with Crippen LogP contribution in [0.1, 0.15) is 32.1 Å². The van der Waals surface area contributed by atoms with Crippen LogP contribution in [0.2, 0.25) is 0 Å². The van der Waals surface area contributed by atoms with Crippen molar-refractivity contribution >= 4 is 21.3 Å². The minimum absolute atomic E-state index is 0.189. The van der Waals surface area contributed by atoms with Gasteiger partial charge in [-0.3, -0.25) is 0 Å². The van der Waals surface area contributed by atoms with Gasteiger partial charge in [0.25, 0.3) is 0 Å². The molecule has 1 rings (SSSR count). The fourth-order valence-corrected chi connectivity index (χ4v) is 4.10. The van der Waals surface area contributed by atoms with Crippen LogP contribution in [0.25, 0.3) is 0 Å². The van der Waals surface area contributed by atoms with Crippen molar-refractivity contribution in [2.24, 2.45) is 0 Å². The van der Waals surface area contributed by atoms with Gasteiger partial charge >= 0.3 is 119 Å². The van der Waals surface area contributed by atoms with Gasteiger partial charge < -0.3 is 0 Å². The van der Waals surface area contributed by atoms with E-state index in [2.05, 4.69) is 0 Å². The van der Waals surface area contributed by atoms with Crippen molar-refractivity contribution in [3.8, 4) is 0 Å². The predicted molar refractivity (Wildman–Crippen MR) is 65.6 cm³/mol. The second-order valence-electron chi connectivity index (χ2n) is 3.97. The summed E-state index contributed by atoms with van der Waals surface area (Å²) in [5.41, 5.74) is 0. The van der Waals surface area contributed by atoms with Gasteiger partial charge in [-0.1, -0.05) is 0 Å². The van der Waals surface area contributed by atoms with E-state index in [-0.39, 0.29) is 35.0 Å². The molecule has 0 spiro atoms. The molecule has 0 aliphatic heterocycles. The summed E-state index contributed by atoms with van der Waals surface area (Å²) in [7, 11) is 0. The van der Waals surface area contributed by atoms with Crippen molar-refractivity contribution in [3.05, 3.63) is 22.7 Å². The fraction of sp³-hybridized carbons (Fsp3) is 0.385. The van der Waals surface area contributed by atoms with Crippen molar-refractivity contribution in [2.45, 2.75) is 32.1 Å². The van der Waals surface area contributed by atoms with Crippen molar-refractivity contribution in [2.75, 3.05) is 0 Å². The zero-order valence-corrected chi connectivity index (χ0v) is 11.8. The van der Waals surface area contributed by atoms with Crippen LogP contribution >= 0.6 is 0 Å². The second kappa shape index (κ2) is 7.77. The first-order chi connectivity index (χ1) is 9.41. The molecule has 111 valence electrons. The van der Waals surface area contributed by atoms with Gasteiger partial charge in [0.15, 0.2) is 0 Å². The van der Waals surface area contributed by atoms with E-state index < -0.39 is 25.8 Å². The molecular weight excluding hydrogens is 308 g/mol. The Labute approximate surface area is 120 Å². The van der Waals surface area contributed by atoms with Crippen LogP contribution in [0.3, 0.4) is 0 Å². The standard InChI is InChI=1S/C5H5.2C4H5O3.Fe/c1-2-4-5-3-1;2*5-3-1-2-4(6)7;/h1-3H,4H2;2*1-2H2,(H,6,7);. The normalized spacial score (nSPS) is 13.8. The third kappa shape index (κ3) is 5.11. The summed E-state index contributed by atoms with van der Waals surface area (Å²) >= 11 is -1.96. The van der Waals surface area contributed by atoms with E-state index in [1.165, 1.54) is 0 Å². The van der Waals surface area contributed by atoms with Crippen molar-refractivity contribution < 1.29 is 43.3 Å². The van der Waals surface area contributed by atoms with Crippen LogP contribution in [0.5, 0.6) is 0 Å². The first-order valence-electron chi connectivity index (χ1n) is 5.93. The van der Waals surface area contributed by atoms with Crippen LogP contribution in [-0.4, -0.2) is 31.5 Å². The quantitative estimate of drug-likeness (QED) is 0.618. The van der Waals surface area contributed by atoms with Gasteiger partial charge in [0.2, 0.25) is 0 Å². The van der Waals surface area contributed by atoms with E-state index in [1.54, 1.807) is 12.2 Å². The van der Waals surface area contributed by atoms with Gasteiger partial charge in [0.05, 0.1) is 0 Å².